The van der Waals surface area contributed by atoms with Gasteiger partial charge >= 0.3 is 0 Å². The zero-order valence-electron chi connectivity index (χ0n) is 11.0. The van der Waals surface area contributed by atoms with Crippen molar-refractivity contribution in [2.75, 3.05) is 6.54 Å². The van der Waals surface area contributed by atoms with Crippen molar-refractivity contribution in [3.63, 3.8) is 0 Å². The SMILES string of the molecule is CCc1nn(C)cc1C(NCC(C)C)C(N)=O. The van der Waals surface area contributed by atoms with E-state index in [9.17, 15) is 4.79 Å². The van der Waals surface area contributed by atoms with Gasteiger partial charge in [-0.25, -0.2) is 0 Å². The molecule has 1 aromatic heterocycles. The van der Waals surface area contributed by atoms with Crippen LogP contribution in [0.3, 0.4) is 0 Å². The number of hydrogen-bond acceptors (Lipinski definition) is 3. The van der Waals surface area contributed by atoms with Gasteiger partial charge in [0.2, 0.25) is 5.91 Å². The number of hydrogen-bond donors (Lipinski definition) is 2. The van der Waals surface area contributed by atoms with Gasteiger partial charge < -0.3 is 11.1 Å². The topological polar surface area (TPSA) is 72.9 Å². The molecule has 0 aliphatic heterocycles. The van der Waals surface area contributed by atoms with Crippen LogP contribution in [-0.2, 0) is 18.3 Å². The smallest absolute Gasteiger partial charge is 0.239 e. The van der Waals surface area contributed by atoms with E-state index in [0.29, 0.717) is 5.92 Å². The van der Waals surface area contributed by atoms with Gasteiger partial charge in [0, 0.05) is 18.8 Å². The first-order valence-electron chi connectivity index (χ1n) is 6.00. The van der Waals surface area contributed by atoms with Gasteiger partial charge in [0.05, 0.1) is 5.69 Å². The van der Waals surface area contributed by atoms with Crippen LogP contribution in [0.25, 0.3) is 0 Å². The normalized spacial score (nSPS) is 13.0. The minimum Gasteiger partial charge on any atom is -0.368 e. The van der Waals surface area contributed by atoms with Crippen molar-refractivity contribution in [3.8, 4) is 0 Å². The molecule has 0 aliphatic carbocycles. The van der Waals surface area contributed by atoms with E-state index in [-0.39, 0.29) is 5.91 Å². The molecule has 5 heteroatoms. The number of rotatable bonds is 6. The van der Waals surface area contributed by atoms with E-state index in [1.807, 2.05) is 20.2 Å². The number of carbonyl (C=O) groups excluding carboxylic acids is 1. The molecule has 0 bridgehead atoms. The fraction of sp³-hybridized carbons (Fsp3) is 0.667. The Labute approximate surface area is 102 Å². The predicted molar refractivity (Wildman–Crippen MR) is 67.4 cm³/mol. The van der Waals surface area contributed by atoms with Gasteiger partial charge in [0.25, 0.3) is 0 Å². The van der Waals surface area contributed by atoms with Gasteiger partial charge in [-0.2, -0.15) is 5.10 Å². The van der Waals surface area contributed by atoms with Gasteiger partial charge in [-0.15, -0.1) is 0 Å². The number of aromatic nitrogens is 2. The molecule has 1 heterocycles. The maximum atomic E-state index is 11.5. The second kappa shape index (κ2) is 5.82. The van der Waals surface area contributed by atoms with Crippen LogP contribution in [0.4, 0.5) is 0 Å². The second-order valence-corrected chi connectivity index (χ2v) is 4.70. The fourth-order valence-electron chi connectivity index (χ4n) is 1.79. The number of aryl methyl sites for hydroxylation is 2. The monoisotopic (exact) mass is 238 g/mol. The summed E-state index contributed by atoms with van der Waals surface area (Å²) in [6, 6.07) is -0.443. The standard InChI is InChI=1S/C12H22N4O/c1-5-10-9(7-16(4)15-10)11(12(13)17)14-6-8(2)3/h7-8,11,14H,5-6H2,1-4H3,(H2,13,17). The summed E-state index contributed by atoms with van der Waals surface area (Å²) in [6.45, 7) is 6.96. The van der Waals surface area contributed by atoms with Gasteiger partial charge in [0.1, 0.15) is 6.04 Å². The third kappa shape index (κ3) is 3.56. The summed E-state index contributed by atoms with van der Waals surface area (Å²) in [5.41, 5.74) is 7.26. The van der Waals surface area contributed by atoms with E-state index in [1.165, 1.54) is 0 Å². The van der Waals surface area contributed by atoms with E-state index in [1.54, 1.807) is 4.68 Å². The highest BCUT2D eigenvalue weighted by atomic mass is 16.1. The molecule has 0 saturated heterocycles. The maximum absolute atomic E-state index is 11.5. The molecule has 0 aromatic carbocycles. The van der Waals surface area contributed by atoms with E-state index in [0.717, 1.165) is 24.2 Å². The van der Waals surface area contributed by atoms with Crippen LogP contribution in [-0.4, -0.2) is 22.2 Å². The number of carbonyl (C=O) groups is 1. The van der Waals surface area contributed by atoms with Crippen LogP contribution in [0, 0.1) is 5.92 Å². The first-order valence-corrected chi connectivity index (χ1v) is 6.00. The summed E-state index contributed by atoms with van der Waals surface area (Å²) in [5, 5.41) is 7.52. The van der Waals surface area contributed by atoms with Crippen molar-refractivity contribution in [2.45, 2.75) is 33.2 Å². The molecule has 1 unspecified atom stereocenters. The van der Waals surface area contributed by atoms with E-state index in [2.05, 4.69) is 24.3 Å². The van der Waals surface area contributed by atoms with Gasteiger partial charge in [0.15, 0.2) is 0 Å². The molecule has 96 valence electrons. The number of nitrogens with zero attached hydrogens (tertiary/aromatic N) is 2. The van der Waals surface area contributed by atoms with Crippen molar-refractivity contribution in [3.05, 3.63) is 17.5 Å². The zero-order chi connectivity index (χ0) is 13.0. The Morgan fingerprint density at radius 3 is 2.71 bits per heavy atom. The second-order valence-electron chi connectivity index (χ2n) is 4.70. The van der Waals surface area contributed by atoms with Crippen molar-refractivity contribution < 1.29 is 4.79 Å². The molecule has 0 radical (unpaired) electrons. The Balaban J connectivity index is 2.92. The predicted octanol–water partition coefficient (Wildman–Crippen LogP) is 0.754. The molecule has 3 N–H and O–H groups in total. The van der Waals surface area contributed by atoms with Gasteiger partial charge in [-0.05, 0) is 18.9 Å². The Morgan fingerprint density at radius 1 is 1.59 bits per heavy atom. The third-order valence-electron chi connectivity index (χ3n) is 2.60. The van der Waals surface area contributed by atoms with Crippen LogP contribution < -0.4 is 11.1 Å². The van der Waals surface area contributed by atoms with Gasteiger partial charge in [-0.3, -0.25) is 9.48 Å². The number of amides is 1. The quantitative estimate of drug-likeness (QED) is 0.768. The van der Waals surface area contributed by atoms with Crippen LogP contribution in [0.15, 0.2) is 6.20 Å². The molecule has 0 fully saturated rings. The molecule has 0 saturated carbocycles. The molecular weight excluding hydrogens is 216 g/mol. The molecule has 5 nitrogen and oxygen atoms in total. The highest BCUT2D eigenvalue weighted by molar-refractivity contribution is 5.81. The molecule has 0 spiro atoms. The lowest BCUT2D eigenvalue weighted by Gasteiger charge is -2.16. The zero-order valence-corrected chi connectivity index (χ0v) is 11.0. The van der Waals surface area contributed by atoms with Crippen LogP contribution in [0.5, 0.6) is 0 Å². The summed E-state index contributed by atoms with van der Waals surface area (Å²) < 4.78 is 1.72. The van der Waals surface area contributed by atoms with E-state index in [4.69, 9.17) is 5.73 Å². The lowest BCUT2D eigenvalue weighted by molar-refractivity contribution is -0.120. The maximum Gasteiger partial charge on any atom is 0.239 e. The molecular formula is C12H22N4O. The number of primary amides is 1. The molecule has 1 amide bonds. The largest absolute Gasteiger partial charge is 0.368 e. The first-order chi connectivity index (χ1) is 7.95. The minimum absolute atomic E-state index is 0.353. The van der Waals surface area contributed by atoms with E-state index >= 15 is 0 Å². The summed E-state index contributed by atoms with van der Waals surface area (Å²) in [7, 11) is 1.85. The number of nitrogens with one attached hydrogen (secondary N) is 1. The molecule has 0 aliphatic rings. The Hall–Kier alpha value is -1.36. The summed E-state index contributed by atoms with van der Waals surface area (Å²) in [4.78, 5) is 11.5. The summed E-state index contributed by atoms with van der Waals surface area (Å²) in [6.07, 6.45) is 2.66. The lowest BCUT2D eigenvalue weighted by atomic mass is 10.0. The summed E-state index contributed by atoms with van der Waals surface area (Å²) in [5.74, 6) is 0.118. The Kier molecular flexibility index (Phi) is 4.69. The highest BCUT2D eigenvalue weighted by Gasteiger charge is 2.22. The number of nitrogens with two attached hydrogens (primary N) is 1. The van der Waals surface area contributed by atoms with Crippen molar-refractivity contribution in [1.29, 1.82) is 0 Å². The molecule has 17 heavy (non-hydrogen) atoms. The fourth-order valence-corrected chi connectivity index (χ4v) is 1.79. The molecule has 1 rings (SSSR count). The Bertz CT molecular complexity index is 384. The summed E-state index contributed by atoms with van der Waals surface area (Å²) >= 11 is 0. The van der Waals surface area contributed by atoms with E-state index < -0.39 is 6.04 Å². The minimum atomic E-state index is -0.443. The molecule has 1 atom stereocenters. The van der Waals surface area contributed by atoms with Crippen LogP contribution in [0.1, 0.15) is 38.1 Å². The van der Waals surface area contributed by atoms with Crippen LogP contribution >= 0.6 is 0 Å². The van der Waals surface area contributed by atoms with Crippen LogP contribution in [0.2, 0.25) is 0 Å². The average Bonchev–Trinajstić information content (AvgIpc) is 2.59. The average molecular weight is 238 g/mol. The van der Waals surface area contributed by atoms with Gasteiger partial charge in [-0.1, -0.05) is 20.8 Å². The third-order valence-corrected chi connectivity index (χ3v) is 2.60. The first kappa shape index (κ1) is 13.7. The van der Waals surface area contributed by atoms with Crippen molar-refractivity contribution >= 4 is 5.91 Å². The highest BCUT2D eigenvalue weighted by Crippen LogP contribution is 2.17. The lowest BCUT2D eigenvalue weighted by Crippen LogP contribution is -2.35. The Morgan fingerprint density at radius 2 is 2.24 bits per heavy atom. The molecule has 1 aromatic rings. The van der Waals surface area contributed by atoms with Crippen molar-refractivity contribution in [2.24, 2.45) is 18.7 Å². The van der Waals surface area contributed by atoms with Crippen molar-refractivity contribution in [1.82, 2.24) is 15.1 Å².